The predicted octanol–water partition coefficient (Wildman–Crippen LogP) is 1.78. The van der Waals surface area contributed by atoms with Crippen molar-refractivity contribution >= 4 is 18.2 Å². The third-order valence-corrected chi connectivity index (χ3v) is 2.59. The Morgan fingerprint density at radius 3 is 2.63 bits per heavy atom. The number of hydrogen-bond donors (Lipinski definition) is 0. The molecule has 5 heteroatoms. The Balaban J connectivity index is 2.98. The van der Waals surface area contributed by atoms with Gasteiger partial charge in [0.2, 0.25) is 0 Å². The van der Waals surface area contributed by atoms with E-state index in [4.69, 9.17) is 4.74 Å². The van der Waals surface area contributed by atoms with Gasteiger partial charge in [-0.25, -0.2) is 4.79 Å². The summed E-state index contributed by atoms with van der Waals surface area (Å²) in [4.78, 5) is 33.6. The molecule has 0 unspecified atom stereocenters. The quantitative estimate of drug-likeness (QED) is 0.578. The standard InChI is InChI=1S/C14H16O5/c1-3-19-14(17)12-6-4-10(9-15)8-11(12)5-7-13(16)18-2/h4,6,8-9H,3,5,7H2,1-2H3. The average molecular weight is 264 g/mol. The minimum atomic E-state index is -0.459. The number of rotatable bonds is 6. The van der Waals surface area contributed by atoms with Gasteiger partial charge in [-0.05, 0) is 31.0 Å². The molecule has 1 rings (SSSR count). The Labute approximate surface area is 111 Å². The molecule has 0 aliphatic carbocycles. The number of aryl methyl sites for hydroxylation is 1. The molecule has 0 amide bonds. The summed E-state index contributed by atoms with van der Waals surface area (Å²) in [6.45, 7) is 1.98. The molecule has 0 heterocycles. The molecule has 0 saturated carbocycles. The molecular formula is C14H16O5. The van der Waals surface area contributed by atoms with E-state index < -0.39 is 5.97 Å². The van der Waals surface area contributed by atoms with Gasteiger partial charge in [-0.1, -0.05) is 6.07 Å². The topological polar surface area (TPSA) is 69.7 Å². The van der Waals surface area contributed by atoms with Crippen molar-refractivity contribution in [3.63, 3.8) is 0 Å². The van der Waals surface area contributed by atoms with Gasteiger partial charge in [0.05, 0.1) is 19.3 Å². The highest BCUT2D eigenvalue weighted by molar-refractivity contribution is 5.92. The fraction of sp³-hybridized carbons (Fsp3) is 0.357. The van der Waals surface area contributed by atoms with Crippen LogP contribution in [0.5, 0.6) is 0 Å². The third-order valence-electron chi connectivity index (χ3n) is 2.59. The van der Waals surface area contributed by atoms with Crippen LogP contribution >= 0.6 is 0 Å². The number of carbonyl (C=O) groups excluding carboxylic acids is 3. The summed E-state index contributed by atoms with van der Waals surface area (Å²) in [6.07, 6.45) is 1.16. The first kappa shape index (κ1) is 14.9. The molecule has 0 N–H and O–H groups in total. The summed E-state index contributed by atoms with van der Waals surface area (Å²) in [5, 5.41) is 0. The van der Waals surface area contributed by atoms with Gasteiger partial charge in [-0.2, -0.15) is 0 Å². The Bertz CT molecular complexity index is 479. The van der Waals surface area contributed by atoms with Crippen molar-refractivity contribution in [2.75, 3.05) is 13.7 Å². The van der Waals surface area contributed by atoms with Crippen LogP contribution in [0.3, 0.4) is 0 Å². The van der Waals surface area contributed by atoms with Crippen molar-refractivity contribution in [2.24, 2.45) is 0 Å². The van der Waals surface area contributed by atoms with E-state index in [1.165, 1.54) is 13.2 Å². The zero-order valence-corrected chi connectivity index (χ0v) is 11.0. The largest absolute Gasteiger partial charge is 0.469 e. The monoisotopic (exact) mass is 264 g/mol. The van der Waals surface area contributed by atoms with E-state index in [2.05, 4.69) is 4.74 Å². The van der Waals surface area contributed by atoms with E-state index in [0.29, 0.717) is 29.4 Å². The molecule has 0 atom stereocenters. The minimum absolute atomic E-state index is 0.144. The van der Waals surface area contributed by atoms with Crippen molar-refractivity contribution < 1.29 is 23.9 Å². The van der Waals surface area contributed by atoms with Gasteiger partial charge < -0.3 is 9.47 Å². The summed E-state index contributed by atoms with van der Waals surface area (Å²) in [6, 6.07) is 4.66. The average Bonchev–Trinajstić information content (AvgIpc) is 2.44. The lowest BCUT2D eigenvalue weighted by Crippen LogP contribution is -2.10. The fourth-order valence-electron chi connectivity index (χ4n) is 1.64. The highest BCUT2D eigenvalue weighted by Crippen LogP contribution is 2.15. The van der Waals surface area contributed by atoms with E-state index >= 15 is 0 Å². The molecule has 0 fully saturated rings. The van der Waals surface area contributed by atoms with Crippen LogP contribution in [0, 0.1) is 0 Å². The zero-order valence-electron chi connectivity index (χ0n) is 11.0. The number of hydrogen-bond acceptors (Lipinski definition) is 5. The molecule has 102 valence electrons. The van der Waals surface area contributed by atoms with E-state index in [9.17, 15) is 14.4 Å². The molecule has 0 aliphatic rings. The summed E-state index contributed by atoms with van der Waals surface area (Å²) in [5.41, 5.74) is 1.43. The lowest BCUT2D eigenvalue weighted by molar-refractivity contribution is -0.140. The van der Waals surface area contributed by atoms with Crippen molar-refractivity contribution in [1.82, 2.24) is 0 Å². The molecular weight excluding hydrogens is 248 g/mol. The van der Waals surface area contributed by atoms with Crippen LogP contribution in [-0.2, 0) is 20.7 Å². The maximum Gasteiger partial charge on any atom is 0.338 e. The Morgan fingerprint density at radius 2 is 2.05 bits per heavy atom. The summed E-state index contributed by atoms with van der Waals surface area (Å²) in [5.74, 6) is -0.828. The molecule has 1 aromatic rings. The van der Waals surface area contributed by atoms with Gasteiger partial charge in [-0.3, -0.25) is 9.59 Å². The van der Waals surface area contributed by atoms with Crippen molar-refractivity contribution in [3.8, 4) is 0 Å². The molecule has 1 aromatic carbocycles. The lowest BCUT2D eigenvalue weighted by atomic mass is 10.00. The normalized spacial score (nSPS) is 9.79. The Hall–Kier alpha value is -2.17. The van der Waals surface area contributed by atoms with Crippen molar-refractivity contribution in [3.05, 3.63) is 34.9 Å². The number of ether oxygens (including phenoxy) is 2. The number of aldehydes is 1. The summed E-state index contributed by atoms with van der Waals surface area (Å²) in [7, 11) is 1.30. The SMILES string of the molecule is CCOC(=O)c1ccc(C=O)cc1CCC(=O)OC. The smallest absolute Gasteiger partial charge is 0.338 e. The van der Waals surface area contributed by atoms with Gasteiger partial charge in [-0.15, -0.1) is 0 Å². The zero-order chi connectivity index (χ0) is 14.3. The first-order valence-corrected chi connectivity index (χ1v) is 5.94. The Kier molecular flexibility index (Phi) is 5.73. The second-order valence-corrected chi connectivity index (χ2v) is 3.83. The number of benzene rings is 1. The third kappa shape index (κ3) is 4.21. The van der Waals surface area contributed by atoms with Gasteiger partial charge in [0.15, 0.2) is 0 Å². The maximum absolute atomic E-state index is 11.8. The van der Waals surface area contributed by atoms with Crippen LogP contribution in [0.15, 0.2) is 18.2 Å². The van der Waals surface area contributed by atoms with E-state index in [-0.39, 0.29) is 19.0 Å². The van der Waals surface area contributed by atoms with Crippen LogP contribution in [0.4, 0.5) is 0 Å². The van der Waals surface area contributed by atoms with E-state index in [1.807, 2.05) is 0 Å². The second-order valence-electron chi connectivity index (χ2n) is 3.83. The first-order valence-electron chi connectivity index (χ1n) is 5.94. The first-order chi connectivity index (χ1) is 9.12. The van der Waals surface area contributed by atoms with Crippen LogP contribution in [0.1, 0.15) is 39.6 Å². The number of esters is 2. The van der Waals surface area contributed by atoms with E-state index in [1.54, 1.807) is 19.1 Å². The van der Waals surface area contributed by atoms with Crippen molar-refractivity contribution in [1.29, 1.82) is 0 Å². The molecule has 0 aromatic heterocycles. The highest BCUT2D eigenvalue weighted by atomic mass is 16.5. The maximum atomic E-state index is 11.8. The fourth-order valence-corrected chi connectivity index (χ4v) is 1.64. The number of methoxy groups -OCH3 is 1. The van der Waals surface area contributed by atoms with E-state index in [0.717, 1.165) is 0 Å². The summed E-state index contributed by atoms with van der Waals surface area (Å²) < 4.78 is 9.48. The molecule has 0 bridgehead atoms. The van der Waals surface area contributed by atoms with Crippen LogP contribution in [0.2, 0.25) is 0 Å². The van der Waals surface area contributed by atoms with Gasteiger partial charge in [0, 0.05) is 12.0 Å². The van der Waals surface area contributed by atoms with Gasteiger partial charge in [0.25, 0.3) is 0 Å². The van der Waals surface area contributed by atoms with Gasteiger partial charge >= 0.3 is 11.9 Å². The van der Waals surface area contributed by atoms with Crippen LogP contribution in [-0.4, -0.2) is 31.9 Å². The Morgan fingerprint density at radius 1 is 1.32 bits per heavy atom. The summed E-state index contributed by atoms with van der Waals surface area (Å²) >= 11 is 0. The molecule has 0 saturated heterocycles. The molecule has 5 nitrogen and oxygen atoms in total. The van der Waals surface area contributed by atoms with Gasteiger partial charge in [0.1, 0.15) is 6.29 Å². The predicted molar refractivity (Wildman–Crippen MR) is 68.1 cm³/mol. The lowest BCUT2D eigenvalue weighted by Gasteiger charge is -2.09. The number of carbonyl (C=O) groups is 3. The molecule has 0 radical (unpaired) electrons. The van der Waals surface area contributed by atoms with Crippen molar-refractivity contribution in [2.45, 2.75) is 19.8 Å². The molecule has 0 aliphatic heterocycles. The minimum Gasteiger partial charge on any atom is -0.469 e. The van der Waals surface area contributed by atoms with Crippen LogP contribution < -0.4 is 0 Å². The molecule has 0 spiro atoms. The van der Waals surface area contributed by atoms with Crippen LogP contribution in [0.25, 0.3) is 0 Å². The second kappa shape index (κ2) is 7.31. The molecule has 19 heavy (non-hydrogen) atoms. The highest BCUT2D eigenvalue weighted by Gasteiger charge is 2.14.